The van der Waals surface area contributed by atoms with E-state index in [1.165, 1.54) is 14.3 Å². The maximum Gasteiger partial charge on any atom is 0.0398 e. The summed E-state index contributed by atoms with van der Waals surface area (Å²) in [5, 5.41) is 0. The van der Waals surface area contributed by atoms with Crippen molar-refractivity contribution in [1.29, 1.82) is 0 Å². The van der Waals surface area contributed by atoms with Crippen molar-refractivity contribution < 1.29 is 0 Å². The molecule has 0 nitrogen and oxygen atoms in total. The van der Waals surface area contributed by atoms with Crippen molar-refractivity contribution in [3.8, 4) is 0 Å². The molecule has 6 heteroatoms. The quantitative estimate of drug-likeness (QED) is 0.117. The number of hydrogen-bond acceptors (Lipinski definition) is 1. The third kappa shape index (κ3) is 8.23. The maximum atomic E-state index is 4.08. The maximum absolute atomic E-state index is 4.08. The summed E-state index contributed by atoms with van der Waals surface area (Å²) in [4.78, 5) is 1.02. The largest absolute Gasteiger partial charge is 0.143 e. The fraction of sp³-hybridized carbons (Fsp3) is 0. The van der Waals surface area contributed by atoms with Crippen LogP contribution in [0.3, 0.4) is 0 Å². The van der Waals surface area contributed by atoms with Crippen LogP contribution in [0.1, 0.15) is 0 Å². The molecular formula is C12H8I4NaS. The van der Waals surface area contributed by atoms with Crippen LogP contribution in [0.15, 0.2) is 47.4 Å². The van der Waals surface area contributed by atoms with E-state index in [4.69, 9.17) is 0 Å². The van der Waals surface area contributed by atoms with Gasteiger partial charge < -0.3 is 0 Å². The van der Waals surface area contributed by atoms with Crippen LogP contribution >= 0.6 is 103 Å². The molecule has 18 heavy (non-hydrogen) atoms. The minimum Gasteiger partial charge on any atom is -0.143 e. The molecule has 0 heterocycles. The second kappa shape index (κ2) is 11.3. The van der Waals surface area contributed by atoms with E-state index in [0.717, 1.165) is 4.90 Å². The van der Waals surface area contributed by atoms with Gasteiger partial charge in [-0.15, -0.1) is 12.6 Å². The van der Waals surface area contributed by atoms with Crippen LogP contribution in [0.2, 0.25) is 0 Å². The summed E-state index contributed by atoms with van der Waals surface area (Å²) in [6.45, 7) is 0. The van der Waals surface area contributed by atoms with E-state index < -0.39 is 0 Å². The normalized spacial score (nSPS) is 8.94. The molecule has 2 rings (SSSR count). The average molecular weight is 715 g/mol. The topological polar surface area (TPSA) is 0 Å². The Labute approximate surface area is 190 Å². The first kappa shape index (κ1) is 20.7. The van der Waals surface area contributed by atoms with Crippen molar-refractivity contribution in [3.63, 3.8) is 0 Å². The van der Waals surface area contributed by atoms with Gasteiger partial charge in [0.2, 0.25) is 0 Å². The Hall–Kier alpha value is 2.71. The van der Waals surface area contributed by atoms with E-state index in [1.54, 1.807) is 0 Å². The SMILES string of the molecule is Ic1cc(I)c(I)c(I)c1.Sc1ccccc1.[Na]. The van der Waals surface area contributed by atoms with Gasteiger partial charge in [-0.1, -0.05) is 18.2 Å². The molecule has 0 aliphatic carbocycles. The Morgan fingerprint density at radius 2 is 1.22 bits per heavy atom. The first-order valence-corrected chi connectivity index (χ1v) is 9.31. The molecule has 0 aliphatic heterocycles. The molecule has 1 radical (unpaired) electrons. The van der Waals surface area contributed by atoms with E-state index in [-0.39, 0.29) is 29.6 Å². The zero-order valence-electron chi connectivity index (χ0n) is 9.50. The monoisotopic (exact) mass is 715 g/mol. The Balaban J connectivity index is 0.000000321. The van der Waals surface area contributed by atoms with Crippen LogP contribution in [0, 0.1) is 14.3 Å². The van der Waals surface area contributed by atoms with Crippen molar-refractivity contribution in [3.05, 3.63) is 56.7 Å². The van der Waals surface area contributed by atoms with Crippen molar-refractivity contribution in [2.75, 3.05) is 0 Å². The van der Waals surface area contributed by atoms with Crippen LogP contribution in [-0.4, -0.2) is 29.6 Å². The van der Waals surface area contributed by atoms with E-state index in [9.17, 15) is 0 Å². The van der Waals surface area contributed by atoms with Gasteiger partial charge >= 0.3 is 0 Å². The van der Waals surface area contributed by atoms with Gasteiger partial charge in [-0.05, 0) is 115 Å². The van der Waals surface area contributed by atoms with Gasteiger partial charge in [0.05, 0.1) is 0 Å². The fourth-order valence-corrected chi connectivity index (χ4v) is 5.02. The van der Waals surface area contributed by atoms with Crippen molar-refractivity contribution >= 4 is 133 Å². The summed E-state index contributed by atoms with van der Waals surface area (Å²) < 4.78 is 5.36. The van der Waals surface area contributed by atoms with E-state index in [0.29, 0.717) is 0 Å². The molecule has 0 aliphatic rings. The fourth-order valence-electron chi connectivity index (χ4n) is 0.953. The van der Waals surface area contributed by atoms with Gasteiger partial charge in [-0.2, -0.15) is 0 Å². The van der Waals surface area contributed by atoms with Gasteiger partial charge in [-0.25, -0.2) is 0 Å². The predicted molar refractivity (Wildman–Crippen MR) is 117 cm³/mol. The van der Waals surface area contributed by atoms with Crippen LogP contribution < -0.4 is 0 Å². The molecule has 91 valence electrons. The molecule has 0 saturated heterocycles. The van der Waals surface area contributed by atoms with Gasteiger partial charge in [0.25, 0.3) is 0 Å². The third-order valence-electron chi connectivity index (χ3n) is 1.70. The zero-order valence-corrected chi connectivity index (χ0v) is 21.0. The molecule has 0 bridgehead atoms. The summed E-state index contributed by atoms with van der Waals surface area (Å²) in [7, 11) is 0. The first-order chi connectivity index (χ1) is 8.00. The number of thiol groups is 1. The number of hydrogen-bond donors (Lipinski definition) is 1. The van der Waals surface area contributed by atoms with Crippen LogP contribution in [-0.2, 0) is 0 Å². The van der Waals surface area contributed by atoms with E-state index in [2.05, 4.69) is 115 Å². The van der Waals surface area contributed by atoms with Crippen LogP contribution in [0.25, 0.3) is 0 Å². The number of benzene rings is 2. The molecule has 0 atom stereocenters. The van der Waals surface area contributed by atoms with Gasteiger partial charge in [0.1, 0.15) is 0 Å². The minimum absolute atomic E-state index is 0. The smallest absolute Gasteiger partial charge is 0.0398 e. The van der Waals surface area contributed by atoms with Crippen LogP contribution in [0.4, 0.5) is 0 Å². The third-order valence-corrected chi connectivity index (χ3v) is 7.55. The molecule has 0 amide bonds. The van der Waals surface area contributed by atoms with Crippen molar-refractivity contribution in [1.82, 2.24) is 0 Å². The van der Waals surface area contributed by atoms with Crippen molar-refractivity contribution in [2.24, 2.45) is 0 Å². The van der Waals surface area contributed by atoms with Crippen molar-refractivity contribution in [2.45, 2.75) is 4.90 Å². The Kier molecular flexibility index (Phi) is 13.0. The van der Waals surface area contributed by atoms with E-state index >= 15 is 0 Å². The summed E-state index contributed by atoms with van der Waals surface area (Å²) in [5.41, 5.74) is 0. The molecule has 0 spiro atoms. The molecule has 0 N–H and O–H groups in total. The molecule has 0 aromatic heterocycles. The first-order valence-electron chi connectivity index (χ1n) is 4.54. The molecule has 0 fully saturated rings. The van der Waals surface area contributed by atoms with Gasteiger partial charge in [-0.3, -0.25) is 0 Å². The second-order valence-electron chi connectivity index (χ2n) is 3.02. The Morgan fingerprint density at radius 1 is 0.778 bits per heavy atom. The molecular weight excluding hydrogens is 707 g/mol. The summed E-state index contributed by atoms with van der Waals surface area (Å²) in [6, 6.07) is 14.2. The summed E-state index contributed by atoms with van der Waals surface area (Å²) >= 11 is 13.5. The summed E-state index contributed by atoms with van der Waals surface area (Å²) in [5.74, 6) is 0. The summed E-state index contributed by atoms with van der Waals surface area (Å²) in [6.07, 6.45) is 0. The minimum atomic E-state index is 0. The second-order valence-corrected chi connectivity index (χ2v) is 8.18. The van der Waals surface area contributed by atoms with E-state index in [1.807, 2.05) is 30.3 Å². The number of rotatable bonds is 0. The molecule has 2 aromatic carbocycles. The molecule has 0 saturated carbocycles. The Morgan fingerprint density at radius 3 is 1.56 bits per heavy atom. The van der Waals surface area contributed by atoms with Crippen LogP contribution in [0.5, 0.6) is 0 Å². The molecule has 2 aromatic rings. The van der Waals surface area contributed by atoms with Gasteiger partial charge in [0, 0.05) is 48.7 Å². The molecule has 0 unspecified atom stereocenters. The van der Waals surface area contributed by atoms with Gasteiger partial charge in [0.15, 0.2) is 0 Å². The standard InChI is InChI=1S/C6H2I4.C6H6S.Na/c7-3-1-4(8)6(10)5(9)2-3;7-6-4-2-1-3-5-6;/h1-2H;1-5,7H;. The Bertz CT molecular complexity index is 468. The predicted octanol–water partition coefficient (Wildman–Crippen LogP) is 5.70. The number of halogens is 4. The zero-order chi connectivity index (χ0) is 12.8. The average Bonchev–Trinajstić information content (AvgIpc) is 2.27.